The number of hydrogen-bond donors (Lipinski definition) is 0. The molecule has 0 aromatic carbocycles. The molecule has 4 rings (SSSR count). The van der Waals surface area contributed by atoms with E-state index in [0.717, 1.165) is 5.76 Å². The maximum atomic E-state index is 12.7. The molecule has 0 N–H and O–H groups in total. The Morgan fingerprint density at radius 3 is 3.00 bits per heavy atom. The first kappa shape index (κ1) is 15.7. The highest BCUT2D eigenvalue weighted by Crippen LogP contribution is 2.49. The number of amidine groups is 1. The highest BCUT2D eigenvalue weighted by Gasteiger charge is 2.49. The first-order valence-electron chi connectivity index (χ1n) is 7.81. The van der Waals surface area contributed by atoms with Gasteiger partial charge in [-0.25, -0.2) is 4.99 Å². The lowest BCUT2D eigenvalue weighted by Crippen LogP contribution is -2.33. The van der Waals surface area contributed by atoms with Crippen LogP contribution < -0.4 is 0 Å². The third-order valence-corrected chi connectivity index (χ3v) is 4.76. The molecular formula is C18H12ClN3O3. The van der Waals surface area contributed by atoms with Gasteiger partial charge < -0.3 is 4.42 Å². The van der Waals surface area contributed by atoms with E-state index < -0.39 is 17.7 Å². The monoisotopic (exact) mass is 353 g/mol. The highest BCUT2D eigenvalue weighted by atomic mass is 35.5. The van der Waals surface area contributed by atoms with Crippen LogP contribution in [0, 0.1) is 29.1 Å². The number of halogens is 1. The zero-order chi connectivity index (χ0) is 17.6. The second-order valence-electron chi connectivity index (χ2n) is 6.14. The number of hydrogen-bond acceptors (Lipinski definition) is 5. The first-order valence-corrected chi connectivity index (χ1v) is 8.19. The number of fused-ring (bicyclic) bond motifs is 1. The van der Waals surface area contributed by atoms with Crippen molar-refractivity contribution in [2.24, 2.45) is 27.7 Å². The van der Waals surface area contributed by atoms with Crippen molar-refractivity contribution in [3.63, 3.8) is 0 Å². The van der Waals surface area contributed by atoms with E-state index >= 15 is 0 Å². The van der Waals surface area contributed by atoms with Crippen LogP contribution in [0.5, 0.6) is 0 Å². The van der Waals surface area contributed by atoms with E-state index in [1.165, 1.54) is 0 Å². The summed E-state index contributed by atoms with van der Waals surface area (Å²) in [5, 5.41) is 9.90. The molecule has 1 fully saturated rings. The molecule has 7 heteroatoms. The van der Waals surface area contributed by atoms with Crippen molar-refractivity contribution in [2.75, 3.05) is 0 Å². The van der Waals surface area contributed by atoms with E-state index in [-0.39, 0.29) is 23.5 Å². The summed E-state index contributed by atoms with van der Waals surface area (Å²) < 4.78 is 5.32. The van der Waals surface area contributed by atoms with Crippen LogP contribution in [0.15, 0.2) is 56.1 Å². The minimum atomic E-state index is -1.17. The molecule has 1 aliphatic heterocycles. The molecule has 6 nitrogen and oxygen atoms in total. The number of nitrogens with zero attached hydrogens (tertiary/aromatic N) is 3. The van der Waals surface area contributed by atoms with Crippen LogP contribution in [-0.2, 0) is 9.59 Å². The van der Waals surface area contributed by atoms with Gasteiger partial charge in [0.25, 0.3) is 5.91 Å². The Kier molecular flexibility index (Phi) is 3.74. The minimum absolute atomic E-state index is 0.0226. The average Bonchev–Trinajstić information content (AvgIpc) is 3.20. The van der Waals surface area contributed by atoms with E-state index in [4.69, 9.17) is 16.0 Å². The molecule has 1 aromatic rings. The maximum absolute atomic E-state index is 12.7. The third-order valence-electron chi connectivity index (χ3n) is 4.52. The Bertz CT molecular complexity index is 918. The molecule has 1 saturated carbocycles. The molecule has 2 heterocycles. The van der Waals surface area contributed by atoms with E-state index in [9.17, 15) is 14.9 Å². The molecule has 4 atom stereocenters. The number of ketones is 1. The summed E-state index contributed by atoms with van der Waals surface area (Å²) in [5.74, 6) is -2.14. The molecular weight excluding hydrogens is 342 g/mol. The smallest absolute Gasteiger partial charge is 0.260 e. The lowest BCUT2D eigenvalue weighted by Gasteiger charge is -2.20. The molecule has 124 valence electrons. The van der Waals surface area contributed by atoms with Crippen molar-refractivity contribution in [1.82, 2.24) is 0 Å². The van der Waals surface area contributed by atoms with Crippen molar-refractivity contribution in [3.05, 3.63) is 47.4 Å². The SMILES string of the molecule is N#CC(C(=O)C1CC1c1ccco1)C1=NC(=O)C2C=CC(Cl)=CC2=N1. The fourth-order valence-corrected chi connectivity index (χ4v) is 3.32. The molecule has 2 aliphatic carbocycles. The average molecular weight is 354 g/mol. The predicted molar refractivity (Wildman–Crippen MR) is 90.1 cm³/mol. The summed E-state index contributed by atoms with van der Waals surface area (Å²) in [7, 11) is 0. The second-order valence-corrected chi connectivity index (χ2v) is 6.58. The van der Waals surface area contributed by atoms with E-state index in [0.29, 0.717) is 17.2 Å². The highest BCUT2D eigenvalue weighted by molar-refractivity contribution is 6.35. The Morgan fingerprint density at radius 1 is 1.44 bits per heavy atom. The second kappa shape index (κ2) is 5.94. The summed E-state index contributed by atoms with van der Waals surface area (Å²) in [5.41, 5.74) is 0.411. The third kappa shape index (κ3) is 2.77. The summed E-state index contributed by atoms with van der Waals surface area (Å²) in [6, 6.07) is 5.52. The van der Waals surface area contributed by atoms with Gasteiger partial charge in [0.2, 0.25) is 0 Å². The van der Waals surface area contributed by atoms with Gasteiger partial charge in [0, 0.05) is 16.9 Å². The van der Waals surface area contributed by atoms with Gasteiger partial charge in [-0.15, -0.1) is 0 Å². The van der Waals surface area contributed by atoms with Crippen molar-refractivity contribution in [1.29, 1.82) is 5.26 Å². The molecule has 0 saturated heterocycles. The Labute approximate surface area is 148 Å². The number of carbonyl (C=O) groups is 2. The summed E-state index contributed by atoms with van der Waals surface area (Å²) in [6.07, 6.45) is 6.95. The van der Waals surface area contributed by atoms with E-state index in [2.05, 4.69) is 9.98 Å². The van der Waals surface area contributed by atoms with Gasteiger partial charge >= 0.3 is 0 Å². The number of allylic oxidation sites excluding steroid dienone is 3. The van der Waals surface area contributed by atoms with E-state index in [1.807, 2.05) is 12.1 Å². The molecule has 1 amide bonds. The lowest BCUT2D eigenvalue weighted by atomic mass is 9.93. The summed E-state index contributed by atoms with van der Waals surface area (Å²) in [6.45, 7) is 0. The van der Waals surface area contributed by atoms with Gasteiger partial charge in [-0.05, 0) is 30.7 Å². The number of carbonyl (C=O) groups excluding carboxylic acids is 2. The van der Waals surface area contributed by atoms with Crippen LogP contribution in [0.3, 0.4) is 0 Å². The Morgan fingerprint density at radius 2 is 2.28 bits per heavy atom. The number of nitriles is 1. The summed E-state index contributed by atoms with van der Waals surface area (Å²) >= 11 is 5.94. The number of rotatable bonds is 4. The summed E-state index contributed by atoms with van der Waals surface area (Å²) in [4.78, 5) is 33.0. The van der Waals surface area contributed by atoms with Crippen LogP contribution >= 0.6 is 11.6 Å². The van der Waals surface area contributed by atoms with Gasteiger partial charge in [-0.3, -0.25) is 9.59 Å². The quantitative estimate of drug-likeness (QED) is 0.831. The normalized spacial score (nSPS) is 28.2. The fraction of sp³-hybridized carbons (Fsp3) is 0.278. The van der Waals surface area contributed by atoms with Crippen molar-refractivity contribution >= 4 is 34.8 Å². The van der Waals surface area contributed by atoms with Gasteiger partial charge in [0.05, 0.1) is 18.0 Å². The molecule has 25 heavy (non-hydrogen) atoms. The minimum Gasteiger partial charge on any atom is -0.469 e. The van der Waals surface area contributed by atoms with Gasteiger partial charge in [-0.2, -0.15) is 10.3 Å². The van der Waals surface area contributed by atoms with Gasteiger partial charge in [0.15, 0.2) is 17.5 Å². The largest absolute Gasteiger partial charge is 0.469 e. The maximum Gasteiger partial charge on any atom is 0.260 e. The first-order chi connectivity index (χ1) is 12.1. The number of furan rings is 1. The molecule has 4 unspecified atom stereocenters. The van der Waals surface area contributed by atoms with E-state index in [1.54, 1.807) is 30.6 Å². The topological polar surface area (TPSA) is 95.8 Å². The van der Waals surface area contributed by atoms with Crippen LogP contribution in [0.25, 0.3) is 0 Å². The van der Waals surface area contributed by atoms with Crippen LogP contribution in [0.2, 0.25) is 0 Å². The van der Waals surface area contributed by atoms with Crippen molar-refractivity contribution in [2.45, 2.75) is 12.3 Å². The zero-order valence-corrected chi connectivity index (χ0v) is 13.7. The number of Topliss-reactive ketones (excluding diaryl/α,β-unsaturated/α-hetero) is 1. The molecule has 0 spiro atoms. The van der Waals surface area contributed by atoms with Crippen molar-refractivity contribution < 1.29 is 14.0 Å². The molecule has 3 aliphatic rings. The number of aliphatic imine (C=N–C) groups is 2. The van der Waals surface area contributed by atoms with Crippen molar-refractivity contribution in [3.8, 4) is 6.07 Å². The lowest BCUT2D eigenvalue weighted by molar-refractivity contribution is -0.121. The Hall–Kier alpha value is -2.78. The molecule has 1 aromatic heterocycles. The van der Waals surface area contributed by atoms with Crippen LogP contribution in [0.1, 0.15) is 18.1 Å². The van der Waals surface area contributed by atoms with Gasteiger partial charge in [-0.1, -0.05) is 17.7 Å². The van der Waals surface area contributed by atoms with Crippen LogP contribution in [0.4, 0.5) is 0 Å². The van der Waals surface area contributed by atoms with Gasteiger partial charge in [0.1, 0.15) is 11.7 Å². The Balaban J connectivity index is 1.58. The molecule has 0 radical (unpaired) electrons. The number of amides is 1. The predicted octanol–water partition coefficient (Wildman–Crippen LogP) is 2.78. The fourth-order valence-electron chi connectivity index (χ4n) is 3.13. The standard InChI is InChI=1S/C18H12ClN3O3/c19-9-3-4-10-14(6-9)21-17(22-18(10)24)13(8-20)16(23)12-7-11(12)15-2-1-5-25-15/h1-6,10-13H,7H2. The molecule has 0 bridgehead atoms. The van der Waals surface area contributed by atoms with Crippen LogP contribution in [-0.4, -0.2) is 23.2 Å². The zero-order valence-electron chi connectivity index (χ0n) is 12.9.